The Morgan fingerprint density at radius 1 is 0.320 bits per heavy atom. The Hall–Kier alpha value is -6.38. The topological polar surface area (TPSA) is 25.8 Å². The van der Waals surface area contributed by atoms with E-state index in [9.17, 15) is 0 Å². The van der Waals surface area contributed by atoms with E-state index in [0.29, 0.717) is 0 Å². The van der Waals surface area contributed by atoms with Crippen molar-refractivity contribution in [3.8, 4) is 55.9 Å². The van der Waals surface area contributed by atoms with Gasteiger partial charge in [0.2, 0.25) is 0 Å². The van der Waals surface area contributed by atoms with Gasteiger partial charge in [-0.05, 0) is 127 Å². The van der Waals surface area contributed by atoms with Gasteiger partial charge >= 0.3 is 0 Å². The van der Waals surface area contributed by atoms with Crippen LogP contribution in [0.4, 0.5) is 0 Å². The van der Waals surface area contributed by atoms with Crippen molar-refractivity contribution in [2.24, 2.45) is 0 Å². The van der Waals surface area contributed by atoms with E-state index in [1.54, 1.807) is 0 Å². The van der Waals surface area contributed by atoms with E-state index in [1.807, 2.05) is 24.5 Å². The molecule has 0 spiro atoms. The molecule has 0 N–H and O–H groups in total. The highest BCUT2D eigenvalue weighted by Crippen LogP contribution is 2.45. The summed E-state index contributed by atoms with van der Waals surface area (Å²) in [6, 6.07) is 57.4. The molecule has 0 radical (unpaired) electrons. The van der Waals surface area contributed by atoms with Crippen molar-refractivity contribution in [1.82, 2.24) is 9.97 Å². The normalized spacial score (nSPS) is 11.4. The Kier molecular flexibility index (Phi) is 7.29. The number of aryl methyl sites for hydroxylation is 2. The van der Waals surface area contributed by atoms with Gasteiger partial charge in [-0.15, -0.1) is 0 Å². The highest BCUT2D eigenvalue weighted by Gasteiger charge is 2.18. The fraction of sp³-hybridized carbons (Fsp3) is 0.0417. The van der Waals surface area contributed by atoms with Crippen molar-refractivity contribution in [1.29, 1.82) is 0 Å². The third-order valence-electron chi connectivity index (χ3n) is 9.88. The molecule has 236 valence electrons. The minimum atomic E-state index is 0.990. The number of rotatable bonds is 5. The second-order valence-corrected chi connectivity index (χ2v) is 13.2. The molecule has 0 bridgehead atoms. The maximum Gasteiger partial charge on any atom is 0.0704 e. The number of aromatic nitrogens is 2. The second-order valence-electron chi connectivity index (χ2n) is 13.2. The van der Waals surface area contributed by atoms with Gasteiger partial charge in [0.05, 0.1) is 11.4 Å². The van der Waals surface area contributed by atoms with E-state index in [0.717, 1.165) is 22.5 Å². The zero-order chi connectivity index (χ0) is 33.6. The molecule has 0 atom stereocenters. The van der Waals surface area contributed by atoms with Crippen LogP contribution in [0.25, 0.3) is 88.2 Å². The van der Waals surface area contributed by atoms with Crippen molar-refractivity contribution < 1.29 is 0 Å². The van der Waals surface area contributed by atoms with Crippen LogP contribution < -0.4 is 0 Å². The Labute approximate surface area is 292 Å². The summed E-state index contributed by atoms with van der Waals surface area (Å²) in [7, 11) is 0. The predicted octanol–water partition coefficient (Wildman–Crippen LogP) is 12.9. The number of hydrogen-bond acceptors (Lipinski definition) is 2. The summed E-state index contributed by atoms with van der Waals surface area (Å²) in [5, 5.41) is 7.42. The van der Waals surface area contributed by atoms with Crippen LogP contribution in [0.3, 0.4) is 0 Å². The summed E-state index contributed by atoms with van der Waals surface area (Å²) in [6.07, 6.45) is 3.77. The van der Waals surface area contributed by atoms with E-state index >= 15 is 0 Å². The standard InChI is InChI=1S/C48H34N2/c1-31-23-25-49-45(27-31)34-12-16-36(17-13-34)47-41-9-5-6-10-42(41)48(37-18-14-35(15-19-37)46-28-32(2)24-26-50-46)44-30-40(21-22-43(44)47)39-20-11-33-7-3-4-8-38(33)29-39/h3-30H,1-2H3. The van der Waals surface area contributed by atoms with Gasteiger partial charge in [0, 0.05) is 23.5 Å². The molecule has 2 aromatic heterocycles. The minimum Gasteiger partial charge on any atom is -0.256 e. The van der Waals surface area contributed by atoms with E-state index in [1.165, 1.54) is 76.8 Å². The predicted molar refractivity (Wildman–Crippen MR) is 211 cm³/mol. The molecule has 2 heterocycles. The first-order valence-corrected chi connectivity index (χ1v) is 17.1. The number of hydrogen-bond donors (Lipinski definition) is 0. The number of pyridine rings is 2. The lowest BCUT2D eigenvalue weighted by Crippen LogP contribution is -1.92. The molecule has 0 unspecified atom stereocenters. The molecule has 0 amide bonds. The molecule has 9 aromatic rings. The zero-order valence-electron chi connectivity index (χ0n) is 28.1. The second kappa shape index (κ2) is 12.3. The fourth-order valence-corrected chi connectivity index (χ4v) is 7.35. The van der Waals surface area contributed by atoms with Gasteiger partial charge in [-0.2, -0.15) is 0 Å². The first-order chi connectivity index (χ1) is 24.6. The van der Waals surface area contributed by atoms with E-state index in [4.69, 9.17) is 0 Å². The van der Waals surface area contributed by atoms with Crippen molar-refractivity contribution in [3.05, 3.63) is 181 Å². The number of nitrogens with zero attached hydrogens (tertiary/aromatic N) is 2. The lowest BCUT2D eigenvalue weighted by molar-refractivity contribution is 1.29. The molecular formula is C48H34N2. The zero-order valence-corrected chi connectivity index (χ0v) is 28.1. The molecule has 0 aliphatic carbocycles. The molecular weight excluding hydrogens is 605 g/mol. The van der Waals surface area contributed by atoms with Crippen LogP contribution in [-0.4, -0.2) is 9.97 Å². The first-order valence-electron chi connectivity index (χ1n) is 17.1. The van der Waals surface area contributed by atoms with Crippen molar-refractivity contribution in [2.75, 3.05) is 0 Å². The van der Waals surface area contributed by atoms with Crippen LogP contribution in [0, 0.1) is 13.8 Å². The molecule has 0 saturated heterocycles. The van der Waals surface area contributed by atoms with Gasteiger partial charge in [0.15, 0.2) is 0 Å². The maximum absolute atomic E-state index is 4.65. The van der Waals surface area contributed by atoms with Crippen LogP contribution in [0.5, 0.6) is 0 Å². The van der Waals surface area contributed by atoms with Crippen LogP contribution in [0.1, 0.15) is 11.1 Å². The average Bonchev–Trinajstić information content (AvgIpc) is 3.17. The van der Waals surface area contributed by atoms with Gasteiger partial charge < -0.3 is 0 Å². The molecule has 50 heavy (non-hydrogen) atoms. The van der Waals surface area contributed by atoms with E-state index in [2.05, 4.69) is 169 Å². The minimum absolute atomic E-state index is 0.990. The molecule has 2 heteroatoms. The lowest BCUT2D eigenvalue weighted by atomic mass is 9.84. The number of benzene rings is 7. The highest BCUT2D eigenvalue weighted by molar-refractivity contribution is 6.22. The Bertz CT molecular complexity index is 2700. The summed E-state index contributed by atoms with van der Waals surface area (Å²) in [5.74, 6) is 0. The average molecular weight is 639 g/mol. The van der Waals surface area contributed by atoms with Gasteiger partial charge in [-0.3, -0.25) is 9.97 Å². The van der Waals surface area contributed by atoms with Crippen molar-refractivity contribution >= 4 is 32.3 Å². The molecule has 7 aromatic carbocycles. The summed E-state index contributed by atoms with van der Waals surface area (Å²) >= 11 is 0. The van der Waals surface area contributed by atoms with Gasteiger partial charge in [0.25, 0.3) is 0 Å². The van der Waals surface area contributed by atoms with Gasteiger partial charge in [-0.1, -0.05) is 121 Å². The van der Waals surface area contributed by atoms with E-state index in [-0.39, 0.29) is 0 Å². The van der Waals surface area contributed by atoms with Crippen LogP contribution >= 0.6 is 0 Å². The van der Waals surface area contributed by atoms with Crippen molar-refractivity contribution in [3.63, 3.8) is 0 Å². The molecule has 9 rings (SSSR count). The van der Waals surface area contributed by atoms with Crippen LogP contribution in [-0.2, 0) is 0 Å². The third kappa shape index (κ3) is 5.32. The molecule has 0 aliphatic heterocycles. The summed E-state index contributed by atoms with van der Waals surface area (Å²) < 4.78 is 0. The van der Waals surface area contributed by atoms with Gasteiger partial charge in [0.1, 0.15) is 0 Å². The molecule has 0 saturated carbocycles. The Morgan fingerprint density at radius 2 is 0.760 bits per heavy atom. The first kappa shape index (κ1) is 29.7. The SMILES string of the molecule is Cc1ccnc(-c2ccc(-c3c4ccccc4c(-c4ccc(-c5cc(C)ccn5)cc4)c4cc(-c5ccc6ccccc6c5)ccc34)cc2)c1. The monoisotopic (exact) mass is 638 g/mol. The van der Waals surface area contributed by atoms with Crippen molar-refractivity contribution in [2.45, 2.75) is 13.8 Å². The quantitative estimate of drug-likeness (QED) is 0.175. The molecule has 0 aliphatic rings. The Morgan fingerprint density at radius 3 is 1.34 bits per heavy atom. The highest BCUT2D eigenvalue weighted by atomic mass is 14.7. The third-order valence-corrected chi connectivity index (χ3v) is 9.88. The fourth-order valence-electron chi connectivity index (χ4n) is 7.35. The summed E-state index contributed by atoms with van der Waals surface area (Å²) in [4.78, 5) is 9.29. The maximum atomic E-state index is 4.65. The summed E-state index contributed by atoms with van der Waals surface area (Å²) in [5.41, 5.74) is 13.9. The molecule has 2 nitrogen and oxygen atoms in total. The van der Waals surface area contributed by atoms with E-state index < -0.39 is 0 Å². The number of fused-ring (bicyclic) bond motifs is 3. The van der Waals surface area contributed by atoms with Crippen LogP contribution in [0.2, 0.25) is 0 Å². The van der Waals surface area contributed by atoms with Crippen LogP contribution in [0.15, 0.2) is 170 Å². The van der Waals surface area contributed by atoms with Gasteiger partial charge in [-0.25, -0.2) is 0 Å². The lowest BCUT2D eigenvalue weighted by Gasteiger charge is -2.19. The molecule has 0 fully saturated rings. The largest absolute Gasteiger partial charge is 0.256 e. The smallest absolute Gasteiger partial charge is 0.0704 e. The Balaban J connectivity index is 1.28. The summed E-state index contributed by atoms with van der Waals surface area (Å²) in [6.45, 7) is 4.22.